The molecular formula is C16H19BrClFN4O. The smallest absolute Gasteiger partial charge is 0.225 e. The lowest BCUT2D eigenvalue weighted by Gasteiger charge is -2.17. The molecule has 0 aliphatic carbocycles. The summed E-state index contributed by atoms with van der Waals surface area (Å²) in [5, 5.41) is 10.4. The molecule has 130 valence electrons. The van der Waals surface area contributed by atoms with E-state index >= 15 is 0 Å². The van der Waals surface area contributed by atoms with Crippen LogP contribution in [0.3, 0.4) is 0 Å². The number of hydrogen-bond donors (Lipinski definition) is 2. The molecule has 2 atom stereocenters. The van der Waals surface area contributed by atoms with Gasteiger partial charge in [-0.05, 0) is 23.3 Å². The Kier molecular flexibility index (Phi) is 6.37. The van der Waals surface area contributed by atoms with Crippen LogP contribution in [0, 0.1) is 11.7 Å². The van der Waals surface area contributed by atoms with Gasteiger partial charge in [-0.15, -0.1) is 12.4 Å². The predicted octanol–water partition coefficient (Wildman–Crippen LogP) is 2.36. The van der Waals surface area contributed by atoms with Crippen molar-refractivity contribution in [1.82, 2.24) is 20.4 Å². The molecule has 5 nitrogen and oxygen atoms in total. The molecule has 2 N–H and O–H groups in total. The molecule has 0 unspecified atom stereocenters. The Morgan fingerprint density at radius 3 is 2.96 bits per heavy atom. The van der Waals surface area contributed by atoms with Crippen molar-refractivity contribution in [3.63, 3.8) is 0 Å². The first-order valence-corrected chi connectivity index (χ1v) is 8.25. The van der Waals surface area contributed by atoms with E-state index in [1.54, 1.807) is 10.7 Å². The van der Waals surface area contributed by atoms with Crippen molar-refractivity contribution < 1.29 is 9.18 Å². The number of benzene rings is 1. The van der Waals surface area contributed by atoms with Crippen LogP contribution in [0.1, 0.15) is 17.0 Å². The fraction of sp³-hybridized carbons (Fsp3) is 0.375. The lowest BCUT2D eigenvalue weighted by molar-refractivity contribution is -0.125. The molecule has 1 aromatic heterocycles. The summed E-state index contributed by atoms with van der Waals surface area (Å²) >= 11 is 3.32. The fourth-order valence-electron chi connectivity index (χ4n) is 2.91. The number of rotatable bonds is 4. The Bertz CT molecular complexity index is 724. The Labute approximate surface area is 154 Å². The second-order valence-electron chi connectivity index (χ2n) is 5.77. The maximum Gasteiger partial charge on any atom is 0.225 e. The van der Waals surface area contributed by atoms with Crippen molar-refractivity contribution in [2.75, 3.05) is 13.1 Å². The minimum atomic E-state index is -0.302. The quantitative estimate of drug-likeness (QED) is 0.803. The van der Waals surface area contributed by atoms with Crippen LogP contribution >= 0.6 is 28.3 Å². The van der Waals surface area contributed by atoms with Crippen molar-refractivity contribution in [2.45, 2.75) is 12.5 Å². The van der Waals surface area contributed by atoms with Crippen molar-refractivity contribution in [3.05, 3.63) is 52.0 Å². The average Bonchev–Trinajstić information content (AvgIpc) is 3.14. The van der Waals surface area contributed by atoms with E-state index in [-0.39, 0.29) is 36.0 Å². The molecule has 2 aromatic rings. The van der Waals surface area contributed by atoms with E-state index in [0.29, 0.717) is 17.6 Å². The highest BCUT2D eigenvalue weighted by Gasteiger charge is 2.34. The number of aryl methyl sites for hydroxylation is 1. The summed E-state index contributed by atoms with van der Waals surface area (Å²) in [6.07, 6.45) is 3.77. The molecule has 0 saturated carbocycles. The number of carbonyl (C=O) groups excluding carboxylic acids is 1. The minimum absolute atomic E-state index is 0. The van der Waals surface area contributed by atoms with Gasteiger partial charge < -0.3 is 10.6 Å². The average molecular weight is 418 g/mol. The van der Waals surface area contributed by atoms with E-state index < -0.39 is 0 Å². The summed E-state index contributed by atoms with van der Waals surface area (Å²) in [7, 11) is 1.87. The first-order chi connectivity index (χ1) is 11.0. The topological polar surface area (TPSA) is 59.0 Å². The summed E-state index contributed by atoms with van der Waals surface area (Å²) in [6.45, 7) is 1.79. The summed E-state index contributed by atoms with van der Waals surface area (Å²) < 4.78 is 15.5. The highest BCUT2D eigenvalue weighted by Crippen LogP contribution is 2.28. The second-order valence-corrected chi connectivity index (χ2v) is 6.63. The van der Waals surface area contributed by atoms with Gasteiger partial charge in [-0.1, -0.05) is 22.0 Å². The molecule has 8 heteroatoms. The van der Waals surface area contributed by atoms with Crippen LogP contribution in [0.15, 0.2) is 35.1 Å². The lowest BCUT2D eigenvalue weighted by Crippen LogP contribution is -2.34. The molecule has 0 spiro atoms. The summed E-state index contributed by atoms with van der Waals surface area (Å²) in [5.41, 5.74) is 1.92. The largest absolute Gasteiger partial charge is 0.352 e. The zero-order valence-electron chi connectivity index (χ0n) is 13.1. The van der Waals surface area contributed by atoms with Crippen LogP contribution in [-0.2, 0) is 18.4 Å². The van der Waals surface area contributed by atoms with E-state index in [1.807, 2.05) is 19.4 Å². The Morgan fingerprint density at radius 2 is 2.29 bits per heavy atom. The van der Waals surface area contributed by atoms with Crippen molar-refractivity contribution >= 4 is 34.2 Å². The molecule has 0 radical (unpaired) electrons. The van der Waals surface area contributed by atoms with Crippen molar-refractivity contribution in [3.8, 4) is 0 Å². The number of amides is 1. The molecule has 1 fully saturated rings. The molecular weight excluding hydrogens is 399 g/mol. The third kappa shape index (κ3) is 4.15. The third-order valence-corrected chi connectivity index (χ3v) is 4.91. The van der Waals surface area contributed by atoms with Crippen molar-refractivity contribution in [2.24, 2.45) is 13.0 Å². The van der Waals surface area contributed by atoms with Crippen LogP contribution in [0.5, 0.6) is 0 Å². The molecule has 1 amide bonds. The second kappa shape index (κ2) is 8.09. The first-order valence-electron chi connectivity index (χ1n) is 7.45. The van der Waals surface area contributed by atoms with Crippen LogP contribution in [0.4, 0.5) is 4.39 Å². The van der Waals surface area contributed by atoms with E-state index in [9.17, 15) is 9.18 Å². The number of nitrogens with zero attached hydrogens (tertiary/aromatic N) is 2. The fourth-order valence-corrected chi connectivity index (χ4v) is 3.41. The highest BCUT2D eigenvalue weighted by molar-refractivity contribution is 9.10. The molecule has 3 rings (SSSR count). The lowest BCUT2D eigenvalue weighted by atomic mass is 9.90. The maximum atomic E-state index is 13.1. The number of hydrogen-bond acceptors (Lipinski definition) is 3. The van der Waals surface area contributed by atoms with Gasteiger partial charge in [-0.2, -0.15) is 5.10 Å². The molecule has 0 bridgehead atoms. The van der Waals surface area contributed by atoms with Crippen LogP contribution in [0.25, 0.3) is 0 Å². The Morgan fingerprint density at radius 1 is 1.50 bits per heavy atom. The maximum absolute atomic E-state index is 13.1. The zero-order chi connectivity index (χ0) is 16.4. The molecule has 1 aliphatic heterocycles. The number of halogens is 3. The van der Waals surface area contributed by atoms with Gasteiger partial charge in [0.05, 0.1) is 12.1 Å². The van der Waals surface area contributed by atoms with E-state index in [4.69, 9.17) is 0 Å². The van der Waals surface area contributed by atoms with Gasteiger partial charge in [0.1, 0.15) is 5.82 Å². The molecule has 24 heavy (non-hydrogen) atoms. The minimum Gasteiger partial charge on any atom is -0.352 e. The van der Waals surface area contributed by atoms with Gasteiger partial charge in [0, 0.05) is 43.3 Å². The predicted molar refractivity (Wildman–Crippen MR) is 95.5 cm³/mol. The first kappa shape index (κ1) is 18.9. The van der Waals surface area contributed by atoms with Gasteiger partial charge in [0.15, 0.2) is 0 Å². The van der Waals surface area contributed by atoms with Crippen LogP contribution in [0.2, 0.25) is 0 Å². The van der Waals surface area contributed by atoms with Gasteiger partial charge in [0.25, 0.3) is 0 Å². The standard InChI is InChI=1S/C16H18BrFN4O.ClH/c1-22-9-11(6-21-22)13-7-19-8-14(13)16(23)20-5-10-2-3-12(18)4-15(10)17;/h2-4,6,9,13-14,19H,5,7-8H2,1H3,(H,20,23);1H/t13-,14+;/m1./s1. The monoisotopic (exact) mass is 416 g/mol. The normalized spacial score (nSPS) is 19.8. The highest BCUT2D eigenvalue weighted by atomic mass is 79.9. The van der Waals surface area contributed by atoms with Crippen LogP contribution in [-0.4, -0.2) is 28.8 Å². The molecule has 1 aliphatic rings. The number of carbonyl (C=O) groups is 1. The van der Waals surface area contributed by atoms with E-state index in [0.717, 1.165) is 17.7 Å². The van der Waals surface area contributed by atoms with Gasteiger partial charge in [-0.3, -0.25) is 9.48 Å². The van der Waals surface area contributed by atoms with Gasteiger partial charge in [0.2, 0.25) is 5.91 Å². The van der Waals surface area contributed by atoms with Crippen molar-refractivity contribution in [1.29, 1.82) is 0 Å². The summed E-state index contributed by atoms with van der Waals surface area (Å²) in [4.78, 5) is 12.5. The number of aromatic nitrogens is 2. The van der Waals surface area contributed by atoms with Crippen LogP contribution < -0.4 is 10.6 Å². The molecule has 2 heterocycles. The van der Waals surface area contributed by atoms with E-state index in [1.165, 1.54) is 12.1 Å². The SMILES string of the molecule is Cl.Cn1cc([C@H]2CNC[C@@H]2C(=O)NCc2ccc(F)cc2Br)cn1. The zero-order valence-corrected chi connectivity index (χ0v) is 15.5. The van der Waals surface area contributed by atoms with E-state index in [2.05, 4.69) is 31.7 Å². The summed E-state index contributed by atoms with van der Waals surface area (Å²) in [5.74, 6) is -0.303. The third-order valence-electron chi connectivity index (χ3n) is 4.17. The Hall–Kier alpha value is -1.44. The Balaban J connectivity index is 0.00000208. The summed E-state index contributed by atoms with van der Waals surface area (Å²) in [6, 6.07) is 4.46. The van der Waals surface area contributed by atoms with Gasteiger partial charge >= 0.3 is 0 Å². The molecule has 1 saturated heterocycles. The number of nitrogens with one attached hydrogen (secondary N) is 2. The van der Waals surface area contributed by atoms with Gasteiger partial charge in [-0.25, -0.2) is 4.39 Å². The molecule has 1 aromatic carbocycles.